The highest BCUT2D eigenvalue weighted by atomic mass is 32.2. The number of carbonyl (C=O) groups is 1. The first-order chi connectivity index (χ1) is 16.5. The van der Waals surface area contributed by atoms with Crippen molar-refractivity contribution in [3.8, 4) is 5.75 Å². The van der Waals surface area contributed by atoms with Gasteiger partial charge < -0.3 is 10.1 Å². The molecule has 1 unspecified atom stereocenters. The Balaban J connectivity index is 1.88. The van der Waals surface area contributed by atoms with E-state index in [1.165, 1.54) is 6.07 Å². The number of rotatable bonds is 9. The van der Waals surface area contributed by atoms with Gasteiger partial charge in [-0.1, -0.05) is 38.1 Å². The number of amides is 1. The van der Waals surface area contributed by atoms with Crippen LogP contribution in [0.15, 0.2) is 65.6 Å². The van der Waals surface area contributed by atoms with E-state index in [9.17, 15) is 13.2 Å². The zero-order chi connectivity index (χ0) is 25.8. The summed E-state index contributed by atoms with van der Waals surface area (Å²) in [6.45, 7) is 9.74. The number of aryl methyl sites for hydroxylation is 3. The molecule has 0 saturated heterocycles. The average Bonchev–Trinajstić information content (AvgIpc) is 2.77. The molecular weight excluding hydrogens is 460 g/mol. The lowest BCUT2D eigenvalue weighted by Gasteiger charge is -2.22. The molecule has 0 radical (unpaired) electrons. The highest BCUT2D eigenvalue weighted by Crippen LogP contribution is 2.26. The highest BCUT2D eigenvalue weighted by Gasteiger charge is 2.22. The Kier molecular flexibility index (Phi) is 8.22. The van der Waals surface area contributed by atoms with Crippen LogP contribution in [-0.4, -0.2) is 21.4 Å². The van der Waals surface area contributed by atoms with Crippen LogP contribution in [0.4, 0.5) is 5.69 Å². The quantitative estimate of drug-likeness (QED) is 0.386. The van der Waals surface area contributed by atoms with E-state index >= 15 is 0 Å². The molecular formula is C28H34N2O4S. The van der Waals surface area contributed by atoms with Crippen molar-refractivity contribution in [1.82, 2.24) is 5.32 Å². The second kappa shape index (κ2) is 11.0. The first-order valence-electron chi connectivity index (χ1n) is 11.6. The second-order valence-corrected chi connectivity index (χ2v) is 11.0. The van der Waals surface area contributed by atoms with Crippen LogP contribution in [0.1, 0.15) is 58.9 Å². The van der Waals surface area contributed by atoms with Crippen LogP contribution in [0.2, 0.25) is 0 Å². The van der Waals surface area contributed by atoms with Crippen molar-refractivity contribution in [2.24, 2.45) is 5.92 Å². The molecule has 186 valence electrons. The van der Waals surface area contributed by atoms with Crippen LogP contribution < -0.4 is 14.8 Å². The molecule has 0 aliphatic rings. The topological polar surface area (TPSA) is 84.5 Å². The number of sulfonamides is 1. The van der Waals surface area contributed by atoms with Crippen molar-refractivity contribution in [3.63, 3.8) is 0 Å². The number of ether oxygens (including phenoxy) is 1. The van der Waals surface area contributed by atoms with E-state index < -0.39 is 10.0 Å². The first kappa shape index (κ1) is 26.3. The minimum absolute atomic E-state index is 0.0779. The fraction of sp³-hybridized carbons (Fsp3) is 0.321. The molecule has 0 bridgehead atoms. The van der Waals surface area contributed by atoms with Crippen LogP contribution in [-0.2, 0) is 10.0 Å². The second-order valence-electron chi connectivity index (χ2n) is 9.39. The van der Waals surface area contributed by atoms with Gasteiger partial charge in [0.05, 0.1) is 18.0 Å². The Hall–Kier alpha value is -3.32. The number of hydrogen-bond acceptors (Lipinski definition) is 4. The van der Waals surface area contributed by atoms with Gasteiger partial charge in [0.1, 0.15) is 5.75 Å². The largest absolute Gasteiger partial charge is 0.497 e. The number of benzene rings is 3. The van der Waals surface area contributed by atoms with Crippen molar-refractivity contribution in [2.45, 2.75) is 52.0 Å². The van der Waals surface area contributed by atoms with Gasteiger partial charge in [-0.25, -0.2) is 8.42 Å². The minimum Gasteiger partial charge on any atom is -0.497 e. The summed E-state index contributed by atoms with van der Waals surface area (Å²) in [5.41, 5.74) is 4.23. The van der Waals surface area contributed by atoms with E-state index in [-0.39, 0.29) is 16.8 Å². The molecule has 0 spiro atoms. The molecule has 7 heteroatoms. The summed E-state index contributed by atoms with van der Waals surface area (Å²) < 4.78 is 34.3. The molecule has 6 nitrogen and oxygen atoms in total. The van der Waals surface area contributed by atoms with Gasteiger partial charge in [-0.3, -0.25) is 9.52 Å². The van der Waals surface area contributed by atoms with Crippen molar-refractivity contribution in [1.29, 1.82) is 0 Å². The van der Waals surface area contributed by atoms with Gasteiger partial charge in [0, 0.05) is 11.3 Å². The van der Waals surface area contributed by atoms with E-state index in [2.05, 4.69) is 23.9 Å². The van der Waals surface area contributed by atoms with E-state index in [1.54, 1.807) is 38.3 Å². The maximum absolute atomic E-state index is 13.2. The molecule has 3 aromatic rings. The Morgan fingerprint density at radius 2 is 1.54 bits per heavy atom. The molecule has 0 fully saturated rings. The molecule has 1 atom stereocenters. The van der Waals surface area contributed by atoms with Crippen LogP contribution in [0.25, 0.3) is 0 Å². The molecule has 2 N–H and O–H groups in total. The van der Waals surface area contributed by atoms with Gasteiger partial charge in [-0.2, -0.15) is 0 Å². The summed E-state index contributed by atoms with van der Waals surface area (Å²) in [6.07, 6.45) is 0.739. The number of methoxy groups -OCH3 is 1. The van der Waals surface area contributed by atoms with E-state index in [0.29, 0.717) is 22.7 Å². The van der Waals surface area contributed by atoms with Crippen LogP contribution in [0.3, 0.4) is 0 Å². The number of anilines is 1. The van der Waals surface area contributed by atoms with E-state index in [0.717, 1.165) is 28.9 Å². The lowest BCUT2D eigenvalue weighted by Crippen LogP contribution is -2.30. The SMILES string of the molecule is COc1ccc(C(CC(C)C)NC(=O)c2ccc(C)c(S(=O)(=O)Nc3cc(C)cc(C)c3)c2)cc1. The Bertz CT molecular complexity index is 1280. The third-order valence-electron chi connectivity index (χ3n) is 5.74. The highest BCUT2D eigenvalue weighted by molar-refractivity contribution is 7.92. The Morgan fingerprint density at radius 1 is 0.914 bits per heavy atom. The fourth-order valence-electron chi connectivity index (χ4n) is 4.10. The monoisotopic (exact) mass is 494 g/mol. The van der Waals surface area contributed by atoms with Crippen molar-refractivity contribution >= 4 is 21.6 Å². The number of hydrogen-bond donors (Lipinski definition) is 2. The van der Waals surface area contributed by atoms with E-state index in [1.807, 2.05) is 44.2 Å². The molecule has 0 aromatic heterocycles. The summed E-state index contributed by atoms with van der Waals surface area (Å²) in [5, 5.41) is 3.09. The lowest BCUT2D eigenvalue weighted by molar-refractivity contribution is 0.0931. The van der Waals surface area contributed by atoms with Crippen molar-refractivity contribution < 1.29 is 17.9 Å². The normalized spacial score (nSPS) is 12.3. The molecule has 35 heavy (non-hydrogen) atoms. The molecule has 0 saturated carbocycles. The fourth-order valence-corrected chi connectivity index (χ4v) is 5.41. The molecule has 3 aromatic carbocycles. The Morgan fingerprint density at radius 3 is 2.11 bits per heavy atom. The maximum atomic E-state index is 13.2. The van der Waals surface area contributed by atoms with Gasteiger partial charge in [0.2, 0.25) is 0 Å². The predicted molar refractivity (Wildman–Crippen MR) is 141 cm³/mol. The molecule has 0 aliphatic carbocycles. The summed E-state index contributed by atoms with van der Waals surface area (Å²) in [6, 6.07) is 17.7. The smallest absolute Gasteiger partial charge is 0.262 e. The van der Waals surface area contributed by atoms with Gasteiger partial charge in [0.25, 0.3) is 15.9 Å². The van der Waals surface area contributed by atoms with Gasteiger partial charge in [-0.15, -0.1) is 0 Å². The molecule has 1 amide bonds. The molecule has 0 aliphatic heterocycles. The summed E-state index contributed by atoms with van der Waals surface area (Å²) >= 11 is 0. The number of carbonyl (C=O) groups excluding carboxylic acids is 1. The van der Waals surface area contributed by atoms with Gasteiger partial charge in [-0.05, 0) is 91.8 Å². The standard InChI is InChI=1S/C28H34N2O4S/c1-18(2)13-26(22-9-11-25(34-6)12-10-22)29-28(31)23-8-7-21(5)27(17-23)35(32,33)30-24-15-19(3)14-20(4)16-24/h7-12,14-18,26,30H,13H2,1-6H3,(H,29,31). The van der Waals surface area contributed by atoms with Gasteiger partial charge in [0.15, 0.2) is 0 Å². The zero-order valence-electron chi connectivity index (χ0n) is 21.2. The zero-order valence-corrected chi connectivity index (χ0v) is 22.0. The van der Waals surface area contributed by atoms with Crippen LogP contribution in [0, 0.1) is 26.7 Å². The minimum atomic E-state index is -3.88. The Labute approximate surface area is 208 Å². The summed E-state index contributed by atoms with van der Waals surface area (Å²) in [7, 11) is -2.27. The summed E-state index contributed by atoms with van der Waals surface area (Å²) in [4.78, 5) is 13.3. The van der Waals surface area contributed by atoms with Crippen LogP contribution >= 0.6 is 0 Å². The average molecular weight is 495 g/mol. The third-order valence-corrected chi connectivity index (χ3v) is 7.27. The summed E-state index contributed by atoms with van der Waals surface area (Å²) in [5.74, 6) is 0.765. The van der Waals surface area contributed by atoms with Crippen molar-refractivity contribution in [2.75, 3.05) is 11.8 Å². The first-order valence-corrected chi connectivity index (χ1v) is 13.1. The third kappa shape index (κ3) is 6.85. The number of nitrogens with one attached hydrogen (secondary N) is 2. The predicted octanol–water partition coefficient (Wildman–Crippen LogP) is 5.94. The van der Waals surface area contributed by atoms with E-state index in [4.69, 9.17) is 4.74 Å². The molecule has 0 heterocycles. The van der Waals surface area contributed by atoms with Crippen LogP contribution in [0.5, 0.6) is 5.75 Å². The molecule has 3 rings (SSSR count). The lowest BCUT2D eigenvalue weighted by atomic mass is 9.96. The maximum Gasteiger partial charge on any atom is 0.262 e. The van der Waals surface area contributed by atoms with Crippen molar-refractivity contribution in [3.05, 3.63) is 88.5 Å². The van der Waals surface area contributed by atoms with Gasteiger partial charge >= 0.3 is 0 Å².